The number of carboxylic acid groups (broad SMARTS) is 1. The van der Waals surface area contributed by atoms with Crippen LogP contribution in [0, 0.1) is 5.92 Å². The largest absolute Gasteiger partial charge is 0.481 e. The maximum atomic E-state index is 11.5. The molecule has 4 heteroatoms. The topological polar surface area (TPSA) is 66.8 Å². The van der Waals surface area contributed by atoms with Gasteiger partial charge in [-0.05, 0) is 12.0 Å². The number of hydrogen-bond acceptors (Lipinski definition) is 3. The minimum Gasteiger partial charge on any atom is -0.481 e. The fourth-order valence-electron chi connectivity index (χ4n) is 2.31. The molecule has 2 N–H and O–H groups in total. The second-order valence-electron chi connectivity index (χ2n) is 4.76. The quantitative estimate of drug-likeness (QED) is 0.758. The molecule has 0 aliphatic rings. The van der Waals surface area contributed by atoms with E-state index in [2.05, 4.69) is 0 Å². The van der Waals surface area contributed by atoms with Gasteiger partial charge in [0.15, 0.2) is 0 Å². The van der Waals surface area contributed by atoms with E-state index in [-0.39, 0.29) is 6.61 Å². The Hall–Kier alpha value is -1.39. The fourth-order valence-corrected chi connectivity index (χ4v) is 2.31. The van der Waals surface area contributed by atoms with Gasteiger partial charge in [0, 0.05) is 7.11 Å². The van der Waals surface area contributed by atoms with Crippen LogP contribution >= 0.6 is 0 Å². The van der Waals surface area contributed by atoms with Gasteiger partial charge in [-0.3, -0.25) is 4.79 Å². The molecular weight excluding hydrogens is 244 g/mol. The summed E-state index contributed by atoms with van der Waals surface area (Å²) in [5.74, 6) is -1.85. The highest BCUT2D eigenvalue weighted by Crippen LogP contribution is 2.33. The second kappa shape index (κ2) is 7.26. The first-order valence-electron chi connectivity index (χ1n) is 6.56. The van der Waals surface area contributed by atoms with Crippen LogP contribution < -0.4 is 0 Å². The lowest BCUT2D eigenvalue weighted by atomic mass is 9.79. The summed E-state index contributed by atoms with van der Waals surface area (Å²) in [5, 5.41) is 20.2. The molecule has 0 aromatic heterocycles. The Bertz CT molecular complexity index is 390. The normalized spacial score (nSPS) is 15.7. The van der Waals surface area contributed by atoms with Crippen LogP contribution in [0.2, 0.25) is 0 Å². The molecule has 0 aliphatic carbocycles. The SMILES string of the molecule is CCCCC(C(=O)O)C(O)(COC)c1ccccc1. The van der Waals surface area contributed by atoms with Gasteiger partial charge in [-0.1, -0.05) is 50.1 Å². The van der Waals surface area contributed by atoms with E-state index >= 15 is 0 Å². The lowest BCUT2D eigenvalue weighted by molar-refractivity contribution is -0.159. The zero-order valence-electron chi connectivity index (χ0n) is 11.5. The Morgan fingerprint density at radius 3 is 2.47 bits per heavy atom. The molecule has 0 spiro atoms. The van der Waals surface area contributed by atoms with Crippen LogP contribution in [0.1, 0.15) is 31.7 Å². The molecule has 0 saturated heterocycles. The molecule has 0 bridgehead atoms. The number of hydrogen-bond donors (Lipinski definition) is 2. The van der Waals surface area contributed by atoms with E-state index < -0.39 is 17.5 Å². The van der Waals surface area contributed by atoms with E-state index in [0.29, 0.717) is 12.0 Å². The van der Waals surface area contributed by atoms with Gasteiger partial charge in [0.1, 0.15) is 5.60 Å². The summed E-state index contributed by atoms with van der Waals surface area (Å²) in [6, 6.07) is 8.88. The van der Waals surface area contributed by atoms with Crippen LogP contribution in [0.5, 0.6) is 0 Å². The van der Waals surface area contributed by atoms with Crippen LogP contribution in [-0.4, -0.2) is 29.9 Å². The summed E-state index contributed by atoms with van der Waals surface area (Å²) >= 11 is 0. The molecule has 2 atom stereocenters. The minimum atomic E-state index is -1.49. The maximum Gasteiger partial charge on any atom is 0.309 e. The highest BCUT2D eigenvalue weighted by Gasteiger charge is 2.42. The second-order valence-corrected chi connectivity index (χ2v) is 4.76. The fraction of sp³-hybridized carbons (Fsp3) is 0.533. The molecule has 1 aromatic rings. The molecule has 4 nitrogen and oxygen atoms in total. The number of aliphatic carboxylic acids is 1. The van der Waals surface area contributed by atoms with Crippen molar-refractivity contribution in [2.75, 3.05) is 13.7 Å². The minimum absolute atomic E-state index is 0.0301. The third-order valence-electron chi connectivity index (χ3n) is 3.36. The van der Waals surface area contributed by atoms with Crippen molar-refractivity contribution in [2.24, 2.45) is 5.92 Å². The molecule has 2 unspecified atom stereocenters. The van der Waals surface area contributed by atoms with Crippen molar-refractivity contribution in [2.45, 2.75) is 31.8 Å². The number of methoxy groups -OCH3 is 1. The van der Waals surface area contributed by atoms with Crippen molar-refractivity contribution in [1.29, 1.82) is 0 Å². The van der Waals surface area contributed by atoms with Crippen LogP contribution in [0.25, 0.3) is 0 Å². The average Bonchev–Trinajstić information content (AvgIpc) is 2.40. The van der Waals surface area contributed by atoms with Crippen molar-refractivity contribution in [1.82, 2.24) is 0 Å². The number of rotatable bonds is 8. The monoisotopic (exact) mass is 266 g/mol. The van der Waals surface area contributed by atoms with E-state index in [4.69, 9.17) is 4.74 Å². The molecule has 1 rings (SSSR count). The predicted octanol–water partition coefficient (Wildman–Crippen LogP) is 2.41. The summed E-state index contributed by atoms with van der Waals surface area (Å²) in [4.78, 5) is 11.5. The third-order valence-corrected chi connectivity index (χ3v) is 3.36. The van der Waals surface area contributed by atoms with Gasteiger partial charge < -0.3 is 14.9 Å². The van der Waals surface area contributed by atoms with Gasteiger partial charge in [-0.2, -0.15) is 0 Å². The van der Waals surface area contributed by atoms with Crippen LogP contribution in [0.4, 0.5) is 0 Å². The Labute approximate surface area is 114 Å². The van der Waals surface area contributed by atoms with E-state index in [1.54, 1.807) is 24.3 Å². The van der Waals surface area contributed by atoms with Crippen molar-refractivity contribution >= 4 is 5.97 Å². The van der Waals surface area contributed by atoms with Crippen molar-refractivity contribution in [3.8, 4) is 0 Å². The lowest BCUT2D eigenvalue weighted by Crippen LogP contribution is -2.43. The number of aliphatic hydroxyl groups is 1. The first kappa shape index (κ1) is 15.7. The Morgan fingerprint density at radius 1 is 1.37 bits per heavy atom. The summed E-state index contributed by atoms with van der Waals surface area (Å²) in [6.07, 6.45) is 2.08. The van der Waals surface area contributed by atoms with Crippen molar-refractivity contribution < 1.29 is 19.7 Å². The smallest absolute Gasteiger partial charge is 0.309 e. The van der Waals surface area contributed by atoms with Crippen LogP contribution in [-0.2, 0) is 15.1 Å². The number of carbonyl (C=O) groups is 1. The van der Waals surface area contributed by atoms with Crippen LogP contribution in [0.15, 0.2) is 30.3 Å². The Morgan fingerprint density at radius 2 is 2.00 bits per heavy atom. The molecule has 19 heavy (non-hydrogen) atoms. The Balaban J connectivity index is 3.11. The number of unbranched alkanes of at least 4 members (excludes halogenated alkanes) is 1. The van der Waals surface area contributed by atoms with Crippen molar-refractivity contribution in [3.05, 3.63) is 35.9 Å². The lowest BCUT2D eigenvalue weighted by Gasteiger charge is -2.33. The van der Waals surface area contributed by atoms with Gasteiger partial charge in [0.05, 0.1) is 12.5 Å². The van der Waals surface area contributed by atoms with E-state index in [9.17, 15) is 15.0 Å². The standard InChI is InChI=1S/C15H22O4/c1-3-4-10-13(14(16)17)15(18,11-19-2)12-8-6-5-7-9-12/h5-9,13,18H,3-4,10-11H2,1-2H3,(H,16,17). The molecule has 106 valence electrons. The summed E-state index contributed by atoms with van der Waals surface area (Å²) in [6.45, 7) is 1.97. The van der Waals surface area contributed by atoms with Gasteiger partial charge in [-0.25, -0.2) is 0 Å². The van der Waals surface area contributed by atoms with Crippen molar-refractivity contribution in [3.63, 3.8) is 0 Å². The number of benzene rings is 1. The summed E-state index contributed by atoms with van der Waals surface area (Å²) in [7, 11) is 1.46. The number of carboxylic acids is 1. The highest BCUT2D eigenvalue weighted by molar-refractivity contribution is 5.72. The van der Waals surface area contributed by atoms with Gasteiger partial charge in [-0.15, -0.1) is 0 Å². The zero-order valence-corrected chi connectivity index (χ0v) is 11.5. The Kier molecular flexibility index (Phi) is 5.99. The summed E-state index contributed by atoms with van der Waals surface area (Å²) in [5.41, 5.74) is -0.905. The molecule has 0 radical (unpaired) electrons. The first-order chi connectivity index (χ1) is 9.06. The number of ether oxygens (including phenoxy) is 1. The third kappa shape index (κ3) is 3.78. The maximum absolute atomic E-state index is 11.5. The molecule has 0 amide bonds. The van der Waals surface area contributed by atoms with E-state index in [1.807, 2.05) is 13.0 Å². The molecule has 0 fully saturated rings. The molecular formula is C15H22O4. The molecule has 1 aromatic carbocycles. The highest BCUT2D eigenvalue weighted by atomic mass is 16.5. The van der Waals surface area contributed by atoms with Gasteiger partial charge in [0.2, 0.25) is 0 Å². The average molecular weight is 266 g/mol. The molecule has 0 saturated carbocycles. The van der Waals surface area contributed by atoms with Crippen LogP contribution in [0.3, 0.4) is 0 Å². The zero-order chi connectivity index (χ0) is 14.3. The van der Waals surface area contributed by atoms with E-state index in [0.717, 1.165) is 12.8 Å². The molecule has 0 heterocycles. The van der Waals surface area contributed by atoms with Gasteiger partial charge >= 0.3 is 5.97 Å². The van der Waals surface area contributed by atoms with Gasteiger partial charge in [0.25, 0.3) is 0 Å². The predicted molar refractivity (Wildman–Crippen MR) is 72.9 cm³/mol. The first-order valence-corrected chi connectivity index (χ1v) is 6.56. The molecule has 0 aliphatic heterocycles. The van der Waals surface area contributed by atoms with E-state index in [1.165, 1.54) is 7.11 Å². The summed E-state index contributed by atoms with van der Waals surface area (Å²) < 4.78 is 5.06.